The molecule has 0 aromatic heterocycles. The molecule has 21 heavy (non-hydrogen) atoms. The van der Waals surface area contributed by atoms with Gasteiger partial charge in [-0.3, -0.25) is 0 Å². The van der Waals surface area contributed by atoms with E-state index in [1.54, 1.807) is 7.11 Å². The molecule has 0 saturated carbocycles. The van der Waals surface area contributed by atoms with Crippen LogP contribution in [0.4, 0.5) is 5.69 Å². The SMILES string of the molecule is COc1ccc(CN(C)c2cc(C)cc(C)c2)cc1CN. The van der Waals surface area contributed by atoms with Gasteiger partial charge in [0.05, 0.1) is 7.11 Å². The maximum Gasteiger partial charge on any atom is 0.123 e. The third kappa shape index (κ3) is 3.76. The van der Waals surface area contributed by atoms with E-state index in [4.69, 9.17) is 10.5 Å². The van der Waals surface area contributed by atoms with E-state index in [0.717, 1.165) is 17.9 Å². The molecule has 2 N–H and O–H groups in total. The molecule has 2 aromatic carbocycles. The van der Waals surface area contributed by atoms with Crippen molar-refractivity contribution in [1.29, 1.82) is 0 Å². The van der Waals surface area contributed by atoms with Crippen LogP contribution >= 0.6 is 0 Å². The lowest BCUT2D eigenvalue weighted by Crippen LogP contribution is -2.17. The molecule has 0 aliphatic heterocycles. The van der Waals surface area contributed by atoms with Crippen LogP contribution in [0.25, 0.3) is 0 Å². The van der Waals surface area contributed by atoms with E-state index in [2.05, 4.69) is 56.1 Å². The van der Waals surface area contributed by atoms with Gasteiger partial charge in [0.2, 0.25) is 0 Å². The van der Waals surface area contributed by atoms with Gasteiger partial charge in [-0.1, -0.05) is 12.1 Å². The fraction of sp³-hybridized carbons (Fsp3) is 0.333. The third-order valence-electron chi connectivity index (χ3n) is 3.63. The number of aryl methyl sites for hydroxylation is 2. The average Bonchev–Trinajstić information content (AvgIpc) is 2.46. The van der Waals surface area contributed by atoms with Gasteiger partial charge in [-0.2, -0.15) is 0 Å². The summed E-state index contributed by atoms with van der Waals surface area (Å²) in [5, 5.41) is 0. The summed E-state index contributed by atoms with van der Waals surface area (Å²) in [4.78, 5) is 2.25. The van der Waals surface area contributed by atoms with Gasteiger partial charge in [0.15, 0.2) is 0 Å². The summed E-state index contributed by atoms with van der Waals surface area (Å²) in [5.41, 5.74) is 11.9. The highest BCUT2D eigenvalue weighted by atomic mass is 16.5. The molecule has 0 radical (unpaired) electrons. The van der Waals surface area contributed by atoms with Gasteiger partial charge in [0, 0.05) is 31.4 Å². The number of hydrogen-bond acceptors (Lipinski definition) is 3. The molecule has 0 aliphatic rings. The summed E-state index contributed by atoms with van der Waals surface area (Å²) in [6.07, 6.45) is 0. The Bertz CT molecular complexity index is 602. The van der Waals surface area contributed by atoms with Crippen molar-refractivity contribution in [2.75, 3.05) is 19.1 Å². The average molecular weight is 284 g/mol. The molecule has 0 aliphatic carbocycles. The summed E-state index contributed by atoms with van der Waals surface area (Å²) in [5.74, 6) is 0.857. The highest BCUT2D eigenvalue weighted by molar-refractivity contribution is 5.51. The molecule has 0 atom stereocenters. The Morgan fingerprint density at radius 3 is 2.29 bits per heavy atom. The van der Waals surface area contributed by atoms with Crippen LogP contribution in [0.2, 0.25) is 0 Å². The van der Waals surface area contributed by atoms with Crippen molar-refractivity contribution >= 4 is 5.69 Å². The standard InChI is InChI=1S/C18H24N2O/c1-13-7-14(2)9-17(8-13)20(3)12-15-5-6-18(21-4)16(10-15)11-19/h5-10H,11-12,19H2,1-4H3. The van der Waals surface area contributed by atoms with Crippen LogP contribution in [0.15, 0.2) is 36.4 Å². The Balaban J connectivity index is 2.20. The largest absolute Gasteiger partial charge is 0.496 e. The molecular weight excluding hydrogens is 260 g/mol. The summed E-state index contributed by atoms with van der Waals surface area (Å²) in [7, 11) is 3.79. The molecule has 0 saturated heterocycles. The van der Waals surface area contributed by atoms with Crippen molar-refractivity contribution in [1.82, 2.24) is 0 Å². The van der Waals surface area contributed by atoms with Crippen LogP contribution in [0.3, 0.4) is 0 Å². The van der Waals surface area contributed by atoms with Crippen LogP contribution in [0.1, 0.15) is 22.3 Å². The maximum atomic E-state index is 5.78. The third-order valence-corrected chi connectivity index (χ3v) is 3.63. The monoisotopic (exact) mass is 284 g/mol. The van der Waals surface area contributed by atoms with E-state index >= 15 is 0 Å². The number of rotatable bonds is 5. The van der Waals surface area contributed by atoms with E-state index in [1.807, 2.05) is 6.07 Å². The molecule has 0 amide bonds. The summed E-state index contributed by atoms with van der Waals surface area (Å²) in [6.45, 7) is 5.60. The zero-order chi connectivity index (χ0) is 15.4. The number of ether oxygens (including phenoxy) is 1. The maximum absolute atomic E-state index is 5.78. The van der Waals surface area contributed by atoms with Crippen molar-refractivity contribution in [3.05, 3.63) is 58.7 Å². The fourth-order valence-electron chi connectivity index (χ4n) is 2.63. The molecule has 2 rings (SSSR count). The number of nitrogens with zero attached hydrogens (tertiary/aromatic N) is 1. The van der Waals surface area contributed by atoms with Crippen LogP contribution in [0.5, 0.6) is 5.75 Å². The Morgan fingerprint density at radius 1 is 1.05 bits per heavy atom. The smallest absolute Gasteiger partial charge is 0.123 e. The first-order chi connectivity index (χ1) is 10.0. The fourth-order valence-corrected chi connectivity index (χ4v) is 2.63. The van der Waals surface area contributed by atoms with Gasteiger partial charge in [0.1, 0.15) is 5.75 Å². The van der Waals surface area contributed by atoms with E-state index in [9.17, 15) is 0 Å². The summed E-state index contributed by atoms with van der Waals surface area (Å²) < 4.78 is 5.32. The van der Waals surface area contributed by atoms with Crippen molar-refractivity contribution in [3.8, 4) is 5.75 Å². The Kier molecular flexibility index (Phi) is 4.86. The number of hydrogen-bond donors (Lipinski definition) is 1. The van der Waals surface area contributed by atoms with E-state index < -0.39 is 0 Å². The second-order valence-electron chi connectivity index (χ2n) is 5.55. The van der Waals surface area contributed by atoms with E-state index in [-0.39, 0.29) is 0 Å². The first-order valence-corrected chi connectivity index (χ1v) is 7.18. The first kappa shape index (κ1) is 15.4. The van der Waals surface area contributed by atoms with E-state index in [0.29, 0.717) is 6.54 Å². The van der Waals surface area contributed by atoms with Gasteiger partial charge in [0.25, 0.3) is 0 Å². The molecule has 3 nitrogen and oxygen atoms in total. The number of benzene rings is 2. The minimum Gasteiger partial charge on any atom is -0.496 e. The molecule has 0 fully saturated rings. The molecule has 112 valence electrons. The van der Waals surface area contributed by atoms with Crippen LogP contribution in [-0.2, 0) is 13.1 Å². The van der Waals surface area contributed by atoms with Crippen molar-refractivity contribution in [2.45, 2.75) is 26.9 Å². The molecular formula is C18H24N2O. The second-order valence-corrected chi connectivity index (χ2v) is 5.55. The van der Waals surface area contributed by atoms with Crippen molar-refractivity contribution in [2.24, 2.45) is 5.73 Å². The topological polar surface area (TPSA) is 38.5 Å². The minimum atomic E-state index is 0.490. The second kappa shape index (κ2) is 6.64. The molecule has 0 unspecified atom stereocenters. The minimum absolute atomic E-state index is 0.490. The predicted octanol–water partition coefficient (Wildman–Crippen LogP) is 3.41. The molecule has 0 heterocycles. The first-order valence-electron chi connectivity index (χ1n) is 7.18. The molecule has 0 spiro atoms. The summed E-state index contributed by atoms with van der Waals surface area (Å²) >= 11 is 0. The zero-order valence-corrected chi connectivity index (χ0v) is 13.3. The van der Waals surface area contributed by atoms with Gasteiger partial charge in [-0.15, -0.1) is 0 Å². The lowest BCUT2D eigenvalue weighted by molar-refractivity contribution is 0.409. The Hall–Kier alpha value is -2.00. The number of nitrogens with two attached hydrogens (primary N) is 1. The Morgan fingerprint density at radius 2 is 1.71 bits per heavy atom. The van der Waals surface area contributed by atoms with Crippen LogP contribution in [0, 0.1) is 13.8 Å². The molecule has 3 heteroatoms. The number of methoxy groups -OCH3 is 1. The predicted molar refractivity (Wildman–Crippen MR) is 88.9 cm³/mol. The molecule has 2 aromatic rings. The molecule has 0 bridgehead atoms. The zero-order valence-electron chi connectivity index (χ0n) is 13.3. The van der Waals surface area contributed by atoms with Gasteiger partial charge in [-0.05, 0) is 54.8 Å². The highest BCUT2D eigenvalue weighted by Crippen LogP contribution is 2.23. The normalized spacial score (nSPS) is 10.5. The van der Waals surface area contributed by atoms with Crippen molar-refractivity contribution < 1.29 is 4.74 Å². The van der Waals surface area contributed by atoms with Crippen LogP contribution in [-0.4, -0.2) is 14.2 Å². The lowest BCUT2D eigenvalue weighted by Gasteiger charge is -2.21. The van der Waals surface area contributed by atoms with Gasteiger partial charge in [-0.25, -0.2) is 0 Å². The quantitative estimate of drug-likeness (QED) is 0.914. The van der Waals surface area contributed by atoms with Crippen molar-refractivity contribution in [3.63, 3.8) is 0 Å². The van der Waals surface area contributed by atoms with Gasteiger partial charge < -0.3 is 15.4 Å². The highest BCUT2D eigenvalue weighted by Gasteiger charge is 2.07. The van der Waals surface area contributed by atoms with E-state index in [1.165, 1.54) is 22.4 Å². The Labute approximate surface area is 127 Å². The number of anilines is 1. The van der Waals surface area contributed by atoms with Crippen LogP contribution < -0.4 is 15.4 Å². The lowest BCUT2D eigenvalue weighted by atomic mass is 10.1. The van der Waals surface area contributed by atoms with Gasteiger partial charge >= 0.3 is 0 Å². The summed E-state index contributed by atoms with van der Waals surface area (Å²) in [6, 6.07) is 12.8.